The van der Waals surface area contributed by atoms with Crippen molar-refractivity contribution in [2.24, 2.45) is 0 Å². The highest BCUT2D eigenvalue weighted by Gasteiger charge is 2.23. The minimum atomic E-state index is -0.236. The fourth-order valence-electron chi connectivity index (χ4n) is 2.69. The lowest BCUT2D eigenvalue weighted by Crippen LogP contribution is -2.49. The zero-order chi connectivity index (χ0) is 16.7. The van der Waals surface area contributed by atoms with Crippen molar-refractivity contribution < 1.29 is 13.9 Å². The third-order valence-electron chi connectivity index (χ3n) is 4.14. The van der Waals surface area contributed by atoms with Gasteiger partial charge in [-0.15, -0.1) is 0 Å². The van der Waals surface area contributed by atoms with Gasteiger partial charge in [0, 0.05) is 38.9 Å². The van der Waals surface area contributed by atoms with Crippen LogP contribution in [0.15, 0.2) is 24.3 Å². The lowest BCUT2D eigenvalue weighted by Gasteiger charge is -2.33. The highest BCUT2D eigenvalue weighted by Crippen LogP contribution is 2.19. The molecule has 2 amide bonds. The maximum Gasteiger partial charge on any atom is 0.317 e. The second-order valence-electron chi connectivity index (χ2n) is 6.02. The first-order valence-electron chi connectivity index (χ1n) is 8.15. The lowest BCUT2D eigenvalue weighted by atomic mass is 10.0. The maximum absolute atomic E-state index is 13.6. The topological polar surface area (TPSA) is 53.6 Å². The zero-order valence-corrected chi connectivity index (χ0v) is 13.8. The molecule has 5 nitrogen and oxygen atoms in total. The Morgan fingerprint density at radius 1 is 1.39 bits per heavy atom. The quantitative estimate of drug-likeness (QED) is 0.846. The number of likely N-dealkylation sites (tertiary alicyclic amines) is 1. The Morgan fingerprint density at radius 2 is 2.09 bits per heavy atom. The molecule has 1 aliphatic heterocycles. The van der Waals surface area contributed by atoms with Crippen molar-refractivity contribution >= 4 is 11.7 Å². The Balaban J connectivity index is 1.75. The van der Waals surface area contributed by atoms with Gasteiger partial charge in [-0.3, -0.25) is 0 Å². The standard InChI is InChI=1S/C17H26FN3O2/c1-13(9-12-23-2)19-17(22)21-10-7-14(8-11-21)20-16-6-4-3-5-15(16)18/h3-6,13-14,20H,7-12H2,1-2H3,(H,19,22). The number of carbonyl (C=O) groups excluding carboxylic acids is 1. The summed E-state index contributed by atoms with van der Waals surface area (Å²) in [4.78, 5) is 14.0. The smallest absolute Gasteiger partial charge is 0.317 e. The summed E-state index contributed by atoms with van der Waals surface area (Å²) in [6.45, 7) is 3.96. The molecule has 1 heterocycles. The fraction of sp³-hybridized carbons (Fsp3) is 0.588. The van der Waals surface area contributed by atoms with Crippen LogP contribution in [0.5, 0.6) is 0 Å². The van der Waals surface area contributed by atoms with E-state index in [9.17, 15) is 9.18 Å². The number of halogens is 1. The lowest BCUT2D eigenvalue weighted by molar-refractivity contribution is 0.168. The number of hydrogen-bond acceptors (Lipinski definition) is 3. The summed E-state index contributed by atoms with van der Waals surface area (Å²) in [5, 5.41) is 6.21. The first-order chi connectivity index (χ1) is 11.1. The number of hydrogen-bond donors (Lipinski definition) is 2. The summed E-state index contributed by atoms with van der Waals surface area (Å²) in [7, 11) is 1.65. The van der Waals surface area contributed by atoms with E-state index in [2.05, 4.69) is 10.6 Å². The highest BCUT2D eigenvalue weighted by atomic mass is 19.1. The molecule has 0 spiro atoms. The normalized spacial score (nSPS) is 16.9. The van der Waals surface area contributed by atoms with Crippen LogP contribution < -0.4 is 10.6 Å². The van der Waals surface area contributed by atoms with Gasteiger partial charge < -0.3 is 20.3 Å². The summed E-state index contributed by atoms with van der Waals surface area (Å²) in [5.41, 5.74) is 0.531. The molecule has 2 rings (SSSR count). The number of amides is 2. The van der Waals surface area contributed by atoms with E-state index in [4.69, 9.17) is 4.74 Å². The number of rotatable bonds is 6. The maximum atomic E-state index is 13.6. The molecule has 1 atom stereocenters. The van der Waals surface area contributed by atoms with Crippen LogP contribution in [0, 0.1) is 5.82 Å². The third kappa shape index (κ3) is 5.39. The van der Waals surface area contributed by atoms with Gasteiger partial charge in [-0.2, -0.15) is 0 Å². The molecule has 1 aliphatic rings. The number of piperidine rings is 1. The van der Waals surface area contributed by atoms with E-state index in [1.165, 1.54) is 6.07 Å². The summed E-state index contributed by atoms with van der Waals surface area (Å²) in [6.07, 6.45) is 2.43. The van der Waals surface area contributed by atoms with E-state index in [1.54, 1.807) is 19.2 Å². The number of para-hydroxylation sites is 1. The molecule has 1 unspecified atom stereocenters. The van der Waals surface area contributed by atoms with Crippen molar-refractivity contribution in [2.75, 3.05) is 32.1 Å². The molecule has 0 aromatic heterocycles. The van der Waals surface area contributed by atoms with E-state index in [0.717, 1.165) is 19.3 Å². The number of nitrogens with zero attached hydrogens (tertiary/aromatic N) is 1. The van der Waals surface area contributed by atoms with Crippen molar-refractivity contribution in [3.05, 3.63) is 30.1 Å². The van der Waals surface area contributed by atoms with Crippen molar-refractivity contribution in [1.29, 1.82) is 0 Å². The van der Waals surface area contributed by atoms with Gasteiger partial charge in [-0.1, -0.05) is 12.1 Å². The van der Waals surface area contributed by atoms with Gasteiger partial charge in [0.2, 0.25) is 0 Å². The first kappa shape index (κ1) is 17.5. The Kier molecular flexibility index (Phi) is 6.65. The Hall–Kier alpha value is -1.82. The molecule has 2 N–H and O–H groups in total. The molecule has 1 fully saturated rings. The SMILES string of the molecule is COCCC(C)NC(=O)N1CCC(Nc2ccccc2F)CC1. The van der Waals surface area contributed by atoms with Crippen LogP contribution in [-0.4, -0.2) is 49.8 Å². The summed E-state index contributed by atoms with van der Waals surface area (Å²) < 4.78 is 18.7. The van der Waals surface area contributed by atoms with Crippen molar-refractivity contribution in [3.63, 3.8) is 0 Å². The highest BCUT2D eigenvalue weighted by molar-refractivity contribution is 5.74. The summed E-state index contributed by atoms with van der Waals surface area (Å²) in [6, 6.07) is 6.95. The van der Waals surface area contributed by atoms with E-state index in [0.29, 0.717) is 25.4 Å². The van der Waals surface area contributed by atoms with Crippen LogP contribution in [-0.2, 0) is 4.74 Å². The van der Waals surface area contributed by atoms with Crippen molar-refractivity contribution in [3.8, 4) is 0 Å². The molecule has 0 aliphatic carbocycles. The molecule has 1 saturated heterocycles. The number of nitrogens with one attached hydrogen (secondary N) is 2. The average Bonchev–Trinajstić information content (AvgIpc) is 2.55. The Bertz CT molecular complexity index is 504. The van der Waals surface area contributed by atoms with Gasteiger partial charge in [0.15, 0.2) is 0 Å². The number of urea groups is 1. The van der Waals surface area contributed by atoms with Crippen LogP contribution in [0.25, 0.3) is 0 Å². The van der Waals surface area contributed by atoms with Gasteiger partial charge in [0.05, 0.1) is 5.69 Å². The van der Waals surface area contributed by atoms with Crippen LogP contribution >= 0.6 is 0 Å². The van der Waals surface area contributed by atoms with Crippen molar-refractivity contribution in [2.45, 2.75) is 38.3 Å². The van der Waals surface area contributed by atoms with Crippen LogP contribution in [0.2, 0.25) is 0 Å². The molecular formula is C17H26FN3O2. The number of benzene rings is 1. The second-order valence-corrected chi connectivity index (χ2v) is 6.02. The minimum Gasteiger partial charge on any atom is -0.385 e. The van der Waals surface area contributed by atoms with Gasteiger partial charge in [-0.25, -0.2) is 9.18 Å². The van der Waals surface area contributed by atoms with Gasteiger partial charge >= 0.3 is 6.03 Å². The monoisotopic (exact) mass is 323 g/mol. The average molecular weight is 323 g/mol. The van der Waals surface area contributed by atoms with E-state index in [-0.39, 0.29) is 23.9 Å². The van der Waals surface area contributed by atoms with E-state index < -0.39 is 0 Å². The first-order valence-corrected chi connectivity index (χ1v) is 8.15. The van der Waals surface area contributed by atoms with Gasteiger partial charge in [-0.05, 0) is 38.3 Å². The molecule has 23 heavy (non-hydrogen) atoms. The minimum absolute atomic E-state index is 0.0297. The van der Waals surface area contributed by atoms with Crippen molar-refractivity contribution in [1.82, 2.24) is 10.2 Å². The fourth-order valence-corrected chi connectivity index (χ4v) is 2.69. The number of carbonyl (C=O) groups is 1. The third-order valence-corrected chi connectivity index (χ3v) is 4.14. The molecule has 6 heteroatoms. The van der Waals surface area contributed by atoms with E-state index >= 15 is 0 Å². The Labute approximate surface area is 137 Å². The van der Waals surface area contributed by atoms with Gasteiger partial charge in [0.1, 0.15) is 5.82 Å². The van der Waals surface area contributed by atoms with Crippen LogP contribution in [0.1, 0.15) is 26.2 Å². The predicted octanol–water partition coefficient (Wildman–Crippen LogP) is 2.84. The molecule has 0 radical (unpaired) electrons. The largest absolute Gasteiger partial charge is 0.385 e. The van der Waals surface area contributed by atoms with Crippen LogP contribution in [0.3, 0.4) is 0 Å². The van der Waals surface area contributed by atoms with Crippen LogP contribution in [0.4, 0.5) is 14.9 Å². The second kappa shape index (κ2) is 8.72. The number of ether oxygens (including phenoxy) is 1. The summed E-state index contributed by atoms with van der Waals surface area (Å²) in [5.74, 6) is -0.236. The molecule has 1 aromatic carbocycles. The van der Waals surface area contributed by atoms with Gasteiger partial charge in [0.25, 0.3) is 0 Å². The number of anilines is 1. The molecule has 0 saturated carbocycles. The number of methoxy groups -OCH3 is 1. The molecule has 128 valence electrons. The Morgan fingerprint density at radius 3 is 2.74 bits per heavy atom. The predicted molar refractivity (Wildman–Crippen MR) is 89.1 cm³/mol. The molecular weight excluding hydrogens is 297 g/mol. The summed E-state index contributed by atoms with van der Waals surface area (Å²) >= 11 is 0. The van der Waals surface area contributed by atoms with E-state index in [1.807, 2.05) is 17.9 Å². The molecule has 0 bridgehead atoms. The molecule has 1 aromatic rings. The zero-order valence-electron chi connectivity index (χ0n) is 13.8.